The molecule has 0 N–H and O–H groups in total. The average molecular weight is 369 g/mol. The van der Waals surface area contributed by atoms with E-state index in [0.717, 1.165) is 0 Å². The molecular formula is C20H20FN3O3. The van der Waals surface area contributed by atoms with E-state index in [1.807, 2.05) is 13.8 Å². The Morgan fingerprint density at radius 2 is 1.85 bits per heavy atom. The SMILES string of the molecule is CC1CN(C(=O)c2cc(-c3ccco3)nn2-c2ccc(F)cc2)CC(C)O1. The molecule has 7 heteroatoms. The molecule has 1 fully saturated rings. The van der Waals surface area contributed by atoms with E-state index in [-0.39, 0.29) is 23.9 Å². The number of morpholine rings is 1. The number of benzene rings is 1. The second-order valence-electron chi connectivity index (χ2n) is 6.75. The molecule has 1 saturated heterocycles. The van der Waals surface area contributed by atoms with Crippen molar-refractivity contribution in [1.82, 2.24) is 14.7 Å². The molecule has 0 spiro atoms. The number of carbonyl (C=O) groups excluding carboxylic acids is 1. The molecule has 0 bridgehead atoms. The van der Waals surface area contributed by atoms with E-state index in [4.69, 9.17) is 9.15 Å². The van der Waals surface area contributed by atoms with Crippen molar-refractivity contribution in [3.8, 4) is 17.1 Å². The van der Waals surface area contributed by atoms with Crippen LogP contribution < -0.4 is 0 Å². The van der Waals surface area contributed by atoms with Crippen LogP contribution in [0.2, 0.25) is 0 Å². The minimum Gasteiger partial charge on any atom is -0.463 e. The fourth-order valence-corrected chi connectivity index (χ4v) is 3.36. The third-order valence-corrected chi connectivity index (χ3v) is 4.48. The minimum absolute atomic E-state index is 0.0376. The van der Waals surface area contributed by atoms with Crippen LogP contribution >= 0.6 is 0 Å². The lowest BCUT2D eigenvalue weighted by Crippen LogP contribution is -2.48. The number of rotatable bonds is 3. The summed E-state index contributed by atoms with van der Waals surface area (Å²) < 4.78 is 26.0. The zero-order valence-corrected chi connectivity index (χ0v) is 15.1. The largest absolute Gasteiger partial charge is 0.463 e. The van der Waals surface area contributed by atoms with Crippen LogP contribution in [0.1, 0.15) is 24.3 Å². The summed E-state index contributed by atoms with van der Waals surface area (Å²) in [5, 5.41) is 4.53. The van der Waals surface area contributed by atoms with Gasteiger partial charge in [0.2, 0.25) is 0 Å². The molecule has 4 rings (SSSR count). The van der Waals surface area contributed by atoms with Gasteiger partial charge in [0.25, 0.3) is 5.91 Å². The summed E-state index contributed by atoms with van der Waals surface area (Å²) in [7, 11) is 0. The maximum atomic E-state index is 13.3. The number of aromatic nitrogens is 2. The Morgan fingerprint density at radius 3 is 2.48 bits per heavy atom. The van der Waals surface area contributed by atoms with Crippen molar-refractivity contribution in [3.63, 3.8) is 0 Å². The van der Waals surface area contributed by atoms with Gasteiger partial charge in [0.1, 0.15) is 17.2 Å². The Morgan fingerprint density at radius 1 is 1.15 bits per heavy atom. The molecular weight excluding hydrogens is 349 g/mol. The molecule has 3 heterocycles. The van der Waals surface area contributed by atoms with Crippen molar-refractivity contribution in [3.05, 3.63) is 60.2 Å². The number of ether oxygens (including phenoxy) is 1. The third-order valence-electron chi connectivity index (χ3n) is 4.48. The highest BCUT2D eigenvalue weighted by atomic mass is 19.1. The smallest absolute Gasteiger partial charge is 0.272 e. The van der Waals surface area contributed by atoms with Crippen LogP contribution in [0.15, 0.2) is 53.1 Å². The summed E-state index contributed by atoms with van der Waals surface area (Å²) in [6, 6.07) is 11.1. The topological polar surface area (TPSA) is 60.5 Å². The maximum absolute atomic E-state index is 13.3. The highest BCUT2D eigenvalue weighted by molar-refractivity contribution is 5.94. The number of hydrogen-bond donors (Lipinski definition) is 0. The molecule has 1 aliphatic rings. The van der Waals surface area contributed by atoms with Crippen molar-refractivity contribution in [2.24, 2.45) is 0 Å². The van der Waals surface area contributed by atoms with Gasteiger partial charge in [0, 0.05) is 19.2 Å². The van der Waals surface area contributed by atoms with Crippen LogP contribution in [-0.2, 0) is 4.74 Å². The summed E-state index contributed by atoms with van der Waals surface area (Å²) in [5.41, 5.74) is 1.54. The summed E-state index contributed by atoms with van der Waals surface area (Å²) in [6.45, 7) is 4.91. The Kier molecular flexibility index (Phi) is 4.53. The van der Waals surface area contributed by atoms with Crippen LogP contribution in [0.5, 0.6) is 0 Å². The lowest BCUT2D eigenvalue weighted by molar-refractivity contribution is -0.0588. The van der Waals surface area contributed by atoms with E-state index in [0.29, 0.717) is 35.9 Å². The molecule has 140 valence electrons. The first-order valence-corrected chi connectivity index (χ1v) is 8.86. The Labute approximate surface area is 156 Å². The van der Waals surface area contributed by atoms with Crippen LogP contribution in [-0.4, -0.2) is 45.9 Å². The van der Waals surface area contributed by atoms with Gasteiger partial charge in [0.05, 0.1) is 24.2 Å². The van der Waals surface area contributed by atoms with Crippen LogP contribution in [0.3, 0.4) is 0 Å². The van der Waals surface area contributed by atoms with Gasteiger partial charge in [-0.1, -0.05) is 0 Å². The number of furan rings is 1. The number of carbonyl (C=O) groups is 1. The molecule has 0 aliphatic carbocycles. The lowest BCUT2D eigenvalue weighted by Gasteiger charge is -2.35. The van der Waals surface area contributed by atoms with E-state index >= 15 is 0 Å². The molecule has 1 amide bonds. The van der Waals surface area contributed by atoms with Crippen molar-refractivity contribution < 1.29 is 18.3 Å². The van der Waals surface area contributed by atoms with Crippen molar-refractivity contribution in [2.75, 3.05) is 13.1 Å². The maximum Gasteiger partial charge on any atom is 0.272 e. The van der Waals surface area contributed by atoms with Gasteiger partial charge in [-0.2, -0.15) is 5.10 Å². The molecule has 1 aliphatic heterocycles. The molecule has 1 aromatic carbocycles. The second kappa shape index (κ2) is 7.00. The highest BCUT2D eigenvalue weighted by Gasteiger charge is 2.29. The number of amides is 1. The fraction of sp³-hybridized carbons (Fsp3) is 0.300. The van der Waals surface area contributed by atoms with Crippen molar-refractivity contribution >= 4 is 5.91 Å². The Bertz CT molecular complexity index is 924. The van der Waals surface area contributed by atoms with E-state index < -0.39 is 0 Å². The molecule has 2 atom stereocenters. The molecule has 0 saturated carbocycles. The monoisotopic (exact) mass is 369 g/mol. The lowest BCUT2D eigenvalue weighted by atomic mass is 10.2. The van der Waals surface area contributed by atoms with Gasteiger partial charge < -0.3 is 14.1 Å². The summed E-state index contributed by atoms with van der Waals surface area (Å²) in [6.07, 6.45) is 1.48. The molecule has 3 aromatic rings. The van der Waals surface area contributed by atoms with Crippen LogP contribution in [0, 0.1) is 5.82 Å². The van der Waals surface area contributed by atoms with Gasteiger partial charge in [-0.05, 0) is 50.2 Å². The predicted octanol–water partition coefficient (Wildman–Crippen LogP) is 3.52. The second-order valence-corrected chi connectivity index (χ2v) is 6.75. The average Bonchev–Trinajstić information content (AvgIpc) is 3.30. The molecule has 2 unspecified atom stereocenters. The Hall–Kier alpha value is -2.93. The summed E-state index contributed by atoms with van der Waals surface area (Å²) in [4.78, 5) is 15.0. The minimum atomic E-state index is -0.346. The van der Waals surface area contributed by atoms with Gasteiger partial charge in [-0.3, -0.25) is 4.79 Å². The van der Waals surface area contributed by atoms with E-state index in [9.17, 15) is 9.18 Å². The van der Waals surface area contributed by atoms with Gasteiger partial charge >= 0.3 is 0 Å². The van der Waals surface area contributed by atoms with E-state index in [2.05, 4.69) is 5.10 Å². The molecule has 2 aromatic heterocycles. The molecule has 0 radical (unpaired) electrons. The first kappa shape index (κ1) is 17.5. The third kappa shape index (κ3) is 3.50. The van der Waals surface area contributed by atoms with Crippen molar-refractivity contribution in [1.29, 1.82) is 0 Å². The first-order valence-electron chi connectivity index (χ1n) is 8.86. The quantitative estimate of drug-likeness (QED) is 0.709. The fourth-order valence-electron chi connectivity index (χ4n) is 3.36. The van der Waals surface area contributed by atoms with Gasteiger partial charge in [-0.15, -0.1) is 0 Å². The number of hydrogen-bond acceptors (Lipinski definition) is 4. The van der Waals surface area contributed by atoms with Crippen LogP contribution in [0.4, 0.5) is 4.39 Å². The Balaban J connectivity index is 1.76. The first-order chi connectivity index (χ1) is 13.0. The van der Waals surface area contributed by atoms with Gasteiger partial charge in [-0.25, -0.2) is 9.07 Å². The van der Waals surface area contributed by atoms with Crippen LogP contribution in [0.25, 0.3) is 17.1 Å². The van der Waals surface area contributed by atoms with E-state index in [1.54, 1.807) is 41.5 Å². The summed E-state index contributed by atoms with van der Waals surface area (Å²) in [5.74, 6) is 0.0705. The standard InChI is InChI=1S/C20H20FN3O3/c1-13-11-23(12-14(2)27-13)20(25)18-10-17(19-4-3-9-26-19)22-24(18)16-7-5-15(21)6-8-16/h3-10,13-14H,11-12H2,1-2H3. The molecule has 27 heavy (non-hydrogen) atoms. The molecule has 6 nitrogen and oxygen atoms in total. The van der Waals surface area contributed by atoms with Crippen molar-refractivity contribution in [2.45, 2.75) is 26.1 Å². The zero-order chi connectivity index (χ0) is 19.0. The summed E-state index contributed by atoms with van der Waals surface area (Å²) >= 11 is 0. The predicted molar refractivity (Wildman–Crippen MR) is 97.1 cm³/mol. The number of halogens is 1. The highest BCUT2D eigenvalue weighted by Crippen LogP contribution is 2.24. The zero-order valence-electron chi connectivity index (χ0n) is 15.1. The van der Waals surface area contributed by atoms with E-state index in [1.165, 1.54) is 16.8 Å². The van der Waals surface area contributed by atoms with Gasteiger partial charge in [0.15, 0.2) is 5.76 Å². The number of nitrogens with zero attached hydrogens (tertiary/aromatic N) is 3. The normalized spacial score (nSPS) is 20.0.